The molecule has 3 aromatic carbocycles. The number of hydrogen-bond donors (Lipinski definition) is 1. The summed E-state index contributed by atoms with van der Waals surface area (Å²) in [5.74, 6) is -0.834. The number of benzene rings is 3. The Bertz CT molecular complexity index is 1380. The third kappa shape index (κ3) is 7.81. The maximum atomic E-state index is 13.9. The molecule has 0 fully saturated rings. The van der Waals surface area contributed by atoms with Gasteiger partial charge in [0, 0.05) is 13.1 Å². The van der Waals surface area contributed by atoms with E-state index in [1.807, 2.05) is 13.8 Å². The summed E-state index contributed by atoms with van der Waals surface area (Å²) in [6.07, 6.45) is 1.69. The normalized spacial score (nSPS) is 11.9. The molecule has 0 heterocycles. The lowest BCUT2D eigenvalue weighted by Crippen LogP contribution is -2.51. The molecule has 3 aromatic rings. The molecule has 0 aliphatic carbocycles. The highest BCUT2D eigenvalue weighted by Crippen LogP contribution is 2.25. The van der Waals surface area contributed by atoms with Crippen molar-refractivity contribution in [3.8, 4) is 5.75 Å². The van der Waals surface area contributed by atoms with Gasteiger partial charge in [-0.05, 0) is 74.4 Å². The molecule has 10 heteroatoms. The lowest BCUT2D eigenvalue weighted by atomic mass is 10.1. The van der Waals surface area contributed by atoms with Gasteiger partial charge in [0.25, 0.3) is 10.0 Å². The molecule has 0 aromatic heterocycles. The van der Waals surface area contributed by atoms with Crippen LogP contribution >= 0.6 is 0 Å². The first-order valence-electron chi connectivity index (χ1n) is 13.1. The molecule has 3 rings (SSSR count). The van der Waals surface area contributed by atoms with Crippen LogP contribution in [0.5, 0.6) is 5.75 Å². The summed E-state index contributed by atoms with van der Waals surface area (Å²) in [6, 6.07) is 17.3. The number of amides is 2. The molecule has 1 atom stereocenters. The van der Waals surface area contributed by atoms with E-state index < -0.39 is 34.3 Å². The molecule has 8 nitrogen and oxygen atoms in total. The smallest absolute Gasteiger partial charge is 0.264 e. The number of halogens is 1. The van der Waals surface area contributed by atoms with Crippen molar-refractivity contribution in [2.45, 2.75) is 51.1 Å². The van der Waals surface area contributed by atoms with E-state index >= 15 is 0 Å². The van der Waals surface area contributed by atoms with Gasteiger partial charge in [0.15, 0.2) is 0 Å². The SMILES string of the molecule is CCCCNC(=O)[C@H](C)N(Cc1ccc(OC)cc1)C(=O)CN(c1ccc(F)cc1)S(=O)(=O)c1ccc(C)cc1. The maximum absolute atomic E-state index is 13.9. The van der Waals surface area contributed by atoms with Crippen LogP contribution in [0, 0.1) is 12.7 Å². The summed E-state index contributed by atoms with van der Waals surface area (Å²) in [5.41, 5.74) is 1.73. The zero-order chi connectivity index (χ0) is 29.3. The van der Waals surface area contributed by atoms with Crippen LogP contribution in [0.4, 0.5) is 10.1 Å². The zero-order valence-corrected chi connectivity index (χ0v) is 24.1. The van der Waals surface area contributed by atoms with Crippen LogP contribution in [0.1, 0.15) is 37.8 Å². The van der Waals surface area contributed by atoms with Gasteiger partial charge >= 0.3 is 0 Å². The van der Waals surface area contributed by atoms with E-state index in [4.69, 9.17) is 4.74 Å². The number of anilines is 1. The number of aryl methyl sites for hydroxylation is 1. The molecule has 40 heavy (non-hydrogen) atoms. The van der Waals surface area contributed by atoms with Gasteiger partial charge in [-0.3, -0.25) is 13.9 Å². The molecule has 0 radical (unpaired) electrons. The van der Waals surface area contributed by atoms with Crippen LogP contribution in [0.3, 0.4) is 0 Å². The lowest BCUT2D eigenvalue weighted by molar-refractivity contribution is -0.139. The van der Waals surface area contributed by atoms with Gasteiger partial charge in [-0.25, -0.2) is 12.8 Å². The summed E-state index contributed by atoms with van der Waals surface area (Å²) in [6.45, 7) is 5.39. The number of carbonyl (C=O) groups excluding carboxylic acids is 2. The second-order valence-corrected chi connectivity index (χ2v) is 11.4. The Morgan fingerprint density at radius 1 is 0.975 bits per heavy atom. The molecule has 0 bridgehead atoms. The van der Waals surface area contributed by atoms with Gasteiger partial charge < -0.3 is 15.0 Å². The molecule has 0 saturated carbocycles. The van der Waals surface area contributed by atoms with E-state index in [-0.39, 0.29) is 23.0 Å². The van der Waals surface area contributed by atoms with Crippen molar-refractivity contribution in [1.29, 1.82) is 0 Å². The Morgan fingerprint density at radius 2 is 1.60 bits per heavy atom. The average Bonchev–Trinajstić information content (AvgIpc) is 2.95. The van der Waals surface area contributed by atoms with Crippen molar-refractivity contribution in [2.75, 3.05) is 24.5 Å². The minimum atomic E-state index is -4.21. The number of sulfonamides is 1. The lowest BCUT2D eigenvalue weighted by Gasteiger charge is -2.32. The topological polar surface area (TPSA) is 96.0 Å². The fourth-order valence-electron chi connectivity index (χ4n) is 4.02. The summed E-state index contributed by atoms with van der Waals surface area (Å²) in [7, 11) is -2.66. The maximum Gasteiger partial charge on any atom is 0.264 e. The highest BCUT2D eigenvalue weighted by atomic mass is 32.2. The van der Waals surface area contributed by atoms with Crippen LogP contribution in [-0.4, -0.2) is 51.4 Å². The Labute approximate surface area is 235 Å². The minimum Gasteiger partial charge on any atom is -0.497 e. The number of carbonyl (C=O) groups is 2. The average molecular weight is 570 g/mol. The molecule has 0 saturated heterocycles. The Hall–Kier alpha value is -3.92. The Kier molecular flexibility index (Phi) is 10.7. The van der Waals surface area contributed by atoms with Crippen molar-refractivity contribution in [2.24, 2.45) is 0 Å². The number of methoxy groups -OCH3 is 1. The second kappa shape index (κ2) is 13.9. The number of unbranched alkanes of at least 4 members (excludes halogenated alkanes) is 1. The van der Waals surface area contributed by atoms with Crippen LogP contribution in [0.2, 0.25) is 0 Å². The third-order valence-corrected chi connectivity index (χ3v) is 8.30. The summed E-state index contributed by atoms with van der Waals surface area (Å²) in [4.78, 5) is 28.2. The summed E-state index contributed by atoms with van der Waals surface area (Å²) < 4.78 is 47.4. The van der Waals surface area contributed by atoms with Gasteiger partial charge in [-0.1, -0.05) is 43.2 Å². The first kappa shape index (κ1) is 30.6. The van der Waals surface area contributed by atoms with Crippen LogP contribution in [-0.2, 0) is 26.2 Å². The van der Waals surface area contributed by atoms with Crippen LogP contribution < -0.4 is 14.4 Å². The van der Waals surface area contributed by atoms with E-state index in [9.17, 15) is 22.4 Å². The second-order valence-electron chi connectivity index (χ2n) is 9.49. The highest BCUT2D eigenvalue weighted by Gasteiger charge is 2.32. The predicted molar refractivity (Wildman–Crippen MR) is 153 cm³/mol. The minimum absolute atomic E-state index is 0.0118. The Morgan fingerprint density at radius 3 is 2.17 bits per heavy atom. The highest BCUT2D eigenvalue weighted by molar-refractivity contribution is 7.92. The number of rotatable bonds is 13. The van der Waals surface area contributed by atoms with Crippen molar-refractivity contribution < 1.29 is 27.1 Å². The van der Waals surface area contributed by atoms with Gasteiger partial charge in [0.1, 0.15) is 24.2 Å². The van der Waals surface area contributed by atoms with E-state index in [0.717, 1.165) is 40.4 Å². The predicted octanol–water partition coefficient (Wildman–Crippen LogP) is 4.67. The van der Waals surface area contributed by atoms with Crippen molar-refractivity contribution in [3.63, 3.8) is 0 Å². The van der Waals surface area contributed by atoms with E-state index in [0.29, 0.717) is 12.3 Å². The fraction of sp³-hybridized carbons (Fsp3) is 0.333. The standard InChI is InChI=1S/C30H36FN3O5S/c1-5-6-19-32-30(36)23(3)33(20-24-9-15-27(39-4)16-10-24)29(35)21-34(26-13-11-25(31)12-14-26)40(37,38)28-17-7-22(2)8-18-28/h7-18,23H,5-6,19-21H2,1-4H3,(H,32,36)/t23-/m0/s1. The first-order valence-corrected chi connectivity index (χ1v) is 14.6. The molecule has 2 amide bonds. The zero-order valence-electron chi connectivity index (χ0n) is 23.3. The van der Waals surface area contributed by atoms with Gasteiger partial charge in [-0.2, -0.15) is 0 Å². The molecular weight excluding hydrogens is 533 g/mol. The van der Waals surface area contributed by atoms with Crippen LogP contribution in [0.25, 0.3) is 0 Å². The van der Waals surface area contributed by atoms with E-state index in [1.165, 1.54) is 29.2 Å². The molecular formula is C30H36FN3O5S. The Balaban J connectivity index is 1.98. The quantitative estimate of drug-likeness (QED) is 0.302. The van der Waals surface area contributed by atoms with E-state index in [1.54, 1.807) is 50.4 Å². The van der Waals surface area contributed by atoms with Crippen molar-refractivity contribution >= 4 is 27.5 Å². The van der Waals surface area contributed by atoms with E-state index in [2.05, 4.69) is 5.32 Å². The fourth-order valence-corrected chi connectivity index (χ4v) is 5.43. The number of nitrogens with one attached hydrogen (secondary N) is 1. The van der Waals surface area contributed by atoms with Gasteiger partial charge in [0.2, 0.25) is 11.8 Å². The van der Waals surface area contributed by atoms with Gasteiger partial charge in [-0.15, -0.1) is 0 Å². The van der Waals surface area contributed by atoms with Crippen LogP contribution in [0.15, 0.2) is 77.7 Å². The molecule has 214 valence electrons. The van der Waals surface area contributed by atoms with Crippen molar-refractivity contribution in [3.05, 3.63) is 89.7 Å². The van der Waals surface area contributed by atoms with Gasteiger partial charge in [0.05, 0.1) is 17.7 Å². The largest absolute Gasteiger partial charge is 0.497 e. The molecule has 1 N–H and O–H groups in total. The number of hydrogen-bond acceptors (Lipinski definition) is 5. The third-order valence-electron chi connectivity index (χ3n) is 6.51. The summed E-state index contributed by atoms with van der Waals surface area (Å²) >= 11 is 0. The monoisotopic (exact) mass is 569 g/mol. The molecule has 0 aliphatic rings. The molecule has 0 aliphatic heterocycles. The number of ether oxygens (including phenoxy) is 1. The first-order chi connectivity index (χ1) is 19.1. The molecule has 0 unspecified atom stereocenters. The molecule has 0 spiro atoms. The van der Waals surface area contributed by atoms with Crippen molar-refractivity contribution in [1.82, 2.24) is 10.2 Å². The summed E-state index contributed by atoms with van der Waals surface area (Å²) in [5, 5.41) is 2.85. The number of nitrogens with zero attached hydrogens (tertiary/aromatic N) is 2.